The molecule has 0 aromatic heterocycles. The van der Waals surface area contributed by atoms with E-state index in [0.29, 0.717) is 6.42 Å². The lowest BCUT2D eigenvalue weighted by atomic mass is 9.95. The second-order valence-electron chi connectivity index (χ2n) is 4.88. The molecule has 1 fully saturated rings. The summed E-state index contributed by atoms with van der Waals surface area (Å²) in [6.07, 6.45) is 2.42. The van der Waals surface area contributed by atoms with Crippen LogP contribution in [0.3, 0.4) is 0 Å². The topological polar surface area (TPSA) is 12.0 Å². The third-order valence-corrected chi connectivity index (χ3v) is 3.51. The van der Waals surface area contributed by atoms with Crippen LogP contribution in [-0.2, 0) is 0 Å². The van der Waals surface area contributed by atoms with E-state index in [1.807, 2.05) is 7.05 Å². The van der Waals surface area contributed by atoms with E-state index in [9.17, 15) is 13.2 Å². The Balaban J connectivity index is 2.15. The summed E-state index contributed by atoms with van der Waals surface area (Å²) in [5, 5.41) is 3.15. The standard InChI is InChI=1S/C12H22F3N/c1-16-11(7-4-8-12(13,14)15)9-10-5-2-3-6-10/h10-11,16H,2-9H2,1H3. The summed E-state index contributed by atoms with van der Waals surface area (Å²) in [6, 6.07) is 0.269. The molecule has 0 amide bonds. The zero-order chi connectivity index (χ0) is 12.0. The van der Waals surface area contributed by atoms with Crippen molar-refractivity contribution in [2.24, 2.45) is 5.92 Å². The van der Waals surface area contributed by atoms with Crippen molar-refractivity contribution in [1.29, 1.82) is 0 Å². The molecule has 1 saturated carbocycles. The smallest absolute Gasteiger partial charge is 0.317 e. The molecule has 0 heterocycles. The molecule has 96 valence electrons. The molecular formula is C12H22F3N. The van der Waals surface area contributed by atoms with E-state index >= 15 is 0 Å². The Labute approximate surface area is 95.8 Å². The summed E-state index contributed by atoms with van der Waals surface area (Å²) in [5.41, 5.74) is 0. The highest BCUT2D eigenvalue weighted by molar-refractivity contribution is 4.75. The number of halogens is 3. The van der Waals surface area contributed by atoms with Crippen molar-refractivity contribution in [1.82, 2.24) is 5.32 Å². The highest BCUT2D eigenvalue weighted by Gasteiger charge is 2.27. The van der Waals surface area contributed by atoms with Crippen LogP contribution in [0.4, 0.5) is 13.2 Å². The Morgan fingerprint density at radius 1 is 1.25 bits per heavy atom. The lowest BCUT2D eigenvalue weighted by Gasteiger charge is -2.20. The van der Waals surface area contributed by atoms with Crippen LogP contribution in [-0.4, -0.2) is 19.3 Å². The fourth-order valence-electron chi connectivity index (χ4n) is 2.58. The van der Waals surface area contributed by atoms with Crippen LogP contribution in [0.25, 0.3) is 0 Å². The monoisotopic (exact) mass is 237 g/mol. The van der Waals surface area contributed by atoms with E-state index in [-0.39, 0.29) is 12.5 Å². The number of alkyl halides is 3. The average Bonchev–Trinajstić information content (AvgIpc) is 2.67. The van der Waals surface area contributed by atoms with Crippen LogP contribution in [0.2, 0.25) is 0 Å². The van der Waals surface area contributed by atoms with Gasteiger partial charge in [-0.3, -0.25) is 0 Å². The summed E-state index contributed by atoms with van der Waals surface area (Å²) >= 11 is 0. The predicted octanol–water partition coefficient (Wildman–Crippen LogP) is 3.89. The maximum Gasteiger partial charge on any atom is 0.389 e. The van der Waals surface area contributed by atoms with Gasteiger partial charge in [-0.25, -0.2) is 0 Å². The van der Waals surface area contributed by atoms with Crippen molar-refractivity contribution in [3.8, 4) is 0 Å². The normalized spacial score (nSPS) is 20.2. The van der Waals surface area contributed by atoms with E-state index < -0.39 is 12.6 Å². The van der Waals surface area contributed by atoms with E-state index in [1.54, 1.807) is 0 Å². The van der Waals surface area contributed by atoms with Crippen molar-refractivity contribution >= 4 is 0 Å². The zero-order valence-electron chi connectivity index (χ0n) is 9.95. The molecule has 1 rings (SSSR count). The highest BCUT2D eigenvalue weighted by atomic mass is 19.4. The van der Waals surface area contributed by atoms with Crippen molar-refractivity contribution < 1.29 is 13.2 Å². The molecule has 1 aliphatic carbocycles. The van der Waals surface area contributed by atoms with Gasteiger partial charge in [0.05, 0.1) is 0 Å². The summed E-state index contributed by atoms with van der Waals surface area (Å²) in [6.45, 7) is 0. The van der Waals surface area contributed by atoms with Gasteiger partial charge in [0, 0.05) is 12.5 Å². The molecule has 0 aromatic rings. The molecule has 1 unspecified atom stereocenters. The molecule has 0 aliphatic heterocycles. The Bertz CT molecular complexity index is 185. The van der Waals surface area contributed by atoms with E-state index in [1.165, 1.54) is 25.7 Å². The van der Waals surface area contributed by atoms with Crippen LogP contribution < -0.4 is 5.32 Å². The number of rotatable bonds is 6. The maximum absolute atomic E-state index is 12.0. The molecule has 1 atom stereocenters. The van der Waals surface area contributed by atoms with Gasteiger partial charge in [0.2, 0.25) is 0 Å². The first kappa shape index (κ1) is 13.8. The summed E-state index contributed by atoms with van der Waals surface area (Å²) < 4.78 is 36.0. The van der Waals surface area contributed by atoms with E-state index in [0.717, 1.165) is 12.3 Å². The minimum absolute atomic E-state index is 0.252. The van der Waals surface area contributed by atoms with Gasteiger partial charge in [-0.15, -0.1) is 0 Å². The molecule has 1 nitrogen and oxygen atoms in total. The maximum atomic E-state index is 12.0. The van der Waals surface area contributed by atoms with Gasteiger partial charge in [0.15, 0.2) is 0 Å². The molecule has 4 heteroatoms. The number of nitrogens with one attached hydrogen (secondary N) is 1. The van der Waals surface area contributed by atoms with Crippen LogP contribution in [0.15, 0.2) is 0 Å². The summed E-state index contributed by atoms with van der Waals surface area (Å²) in [7, 11) is 1.85. The molecule has 0 spiro atoms. The van der Waals surface area contributed by atoms with Gasteiger partial charge in [0.1, 0.15) is 0 Å². The fraction of sp³-hybridized carbons (Fsp3) is 1.00. The molecule has 0 bridgehead atoms. The van der Waals surface area contributed by atoms with E-state index in [2.05, 4.69) is 5.32 Å². The van der Waals surface area contributed by atoms with Crippen LogP contribution in [0.5, 0.6) is 0 Å². The summed E-state index contributed by atoms with van der Waals surface area (Å²) in [5.74, 6) is 0.739. The Morgan fingerprint density at radius 2 is 1.88 bits per heavy atom. The Hall–Kier alpha value is -0.250. The quantitative estimate of drug-likeness (QED) is 0.739. The molecule has 1 N–H and O–H groups in total. The van der Waals surface area contributed by atoms with Gasteiger partial charge in [-0.1, -0.05) is 25.7 Å². The molecule has 0 radical (unpaired) electrons. The lowest BCUT2D eigenvalue weighted by molar-refractivity contribution is -0.135. The van der Waals surface area contributed by atoms with Gasteiger partial charge < -0.3 is 5.32 Å². The predicted molar refractivity (Wildman–Crippen MR) is 59.3 cm³/mol. The van der Waals surface area contributed by atoms with Gasteiger partial charge in [0.25, 0.3) is 0 Å². The second kappa shape index (κ2) is 6.48. The van der Waals surface area contributed by atoms with Crippen molar-refractivity contribution in [2.45, 2.75) is 63.6 Å². The minimum Gasteiger partial charge on any atom is -0.317 e. The van der Waals surface area contributed by atoms with Crippen molar-refractivity contribution in [2.75, 3.05) is 7.05 Å². The van der Waals surface area contributed by atoms with Crippen molar-refractivity contribution in [3.05, 3.63) is 0 Å². The molecule has 0 aromatic carbocycles. The number of hydrogen-bond donors (Lipinski definition) is 1. The summed E-state index contributed by atoms with van der Waals surface area (Å²) in [4.78, 5) is 0. The van der Waals surface area contributed by atoms with Crippen LogP contribution >= 0.6 is 0 Å². The Morgan fingerprint density at radius 3 is 2.38 bits per heavy atom. The van der Waals surface area contributed by atoms with Gasteiger partial charge >= 0.3 is 6.18 Å². The molecule has 16 heavy (non-hydrogen) atoms. The lowest BCUT2D eigenvalue weighted by Crippen LogP contribution is -2.27. The van der Waals surface area contributed by atoms with E-state index in [4.69, 9.17) is 0 Å². The third kappa shape index (κ3) is 5.73. The largest absolute Gasteiger partial charge is 0.389 e. The third-order valence-electron chi connectivity index (χ3n) is 3.51. The fourth-order valence-corrected chi connectivity index (χ4v) is 2.58. The first-order valence-electron chi connectivity index (χ1n) is 6.25. The molecule has 1 aliphatic rings. The molecule has 0 saturated heterocycles. The number of hydrogen-bond acceptors (Lipinski definition) is 1. The first-order chi connectivity index (χ1) is 7.51. The average molecular weight is 237 g/mol. The Kier molecular flexibility index (Phi) is 5.59. The van der Waals surface area contributed by atoms with Crippen molar-refractivity contribution in [3.63, 3.8) is 0 Å². The second-order valence-corrected chi connectivity index (χ2v) is 4.88. The van der Waals surface area contributed by atoms with Crippen LogP contribution in [0, 0.1) is 5.92 Å². The first-order valence-corrected chi connectivity index (χ1v) is 6.25. The molecular weight excluding hydrogens is 215 g/mol. The zero-order valence-corrected chi connectivity index (χ0v) is 9.95. The van der Waals surface area contributed by atoms with Crippen LogP contribution in [0.1, 0.15) is 51.4 Å². The minimum atomic E-state index is -3.99. The van der Waals surface area contributed by atoms with Gasteiger partial charge in [-0.2, -0.15) is 13.2 Å². The SMILES string of the molecule is CNC(CCCC(F)(F)F)CC1CCCC1. The van der Waals surface area contributed by atoms with Gasteiger partial charge in [-0.05, 0) is 32.2 Å². The highest BCUT2D eigenvalue weighted by Crippen LogP contribution is 2.30.